The molecule has 0 bridgehead atoms. The van der Waals surface area contributed by atoms with Gasteiger partial charge >= 0.3 is 0 Å². The molecule has 148 valence electrons. The Morgan fingerprint density at radius 1 is 1.04 bits per heavy atom. The highest BCUT2D eigenvalue weighted by Crippen LogP contribution is 2.23. The molecule has 0 aliphatic carbocycles. The Kier molecular flexibility index (Phi) is 5.71. The Hall–Kier alpha value is -2.84. The van der Waals surface area contributed by atoms with Crippen LogP contribution in [0.1, 0.15) is 33.0 Å². The molecular weight excluding hydrogens is 380 g/mol. The number of aryl methyl sites for hydroxylation is 1. The molecule has 2 aromatic heterocycles. The van der Waals surface area contributed by atoms with Crippen LogP contribution in [0.4, 0.5) is 0 Å². The van der Waals surface area contributed by atoms with Crippen molar-refractivity contribution in [3.8, 4) is 0 Å². The van der Waals surface area contributed by atoms with Crippen molar-refractivity contribution in [2.75, 3.05) is 7.05 Å². The van der Waals surface area contributed by atoms with Gasteiger partial charge in [0.15, 0.2) is 0 Å². The Bertz CT molecular complexity index is 1020. The number of carbonyl (C=O) groups is 1. The average Bonchev–Trinajstić information content (AvgIpc) is 3.36. The summed E-state index contributed by atoms with van der Waals surface area (Å²) in [4.78, 5) is 14.9. The smallest absolute Gasteiger partial charge is 0.254 e. The zero-order chi connectivity index (χ0) is 20.3. The number of sulfonamides is 1. The predicted molar refractivity (Wildman–Crippen MR) is 103 cm³/mol. The molecule has 8 heteroatoms. The molecule has 0 fully saturated rings. The van der Waals surface area contributed by atoms with Gasteiger partial charge in [0, 0.05) is 5.56 Å². The first-order chi connectivity index (χ1) is 13.3. The third-order valence-electron chi connectivity index (χ3n) is 4.57. The van der Waals surface area contributed by atoms with Crippen molar-refractivity contribution in [2.45, 2.75) is 31.8 Å². The van der Waals surface area contributed by atoms with E-state index in [2.05, 4.69) is 4.72 Å². The van der Waals surface area contributed by atoms with Crippen LogP contribution < -0.4 is 4.72 Å². The zero-order valence-corrected chi connectivity index (χ0v) is 16.7. The molecule has 3 aromatic rings. The summed E-state index contributed by atoms with van der Waals surface area (Å²) < 4.78 is 37.8. The van der Waals surface area contributed by atoms with Crippen molar-refractivity contribution in [3.63, 3.8) is 0 Å². The van der Waals surface area contributed by atoms with E-state index in [1.807, 2.05) is 0 Å². The second-order valence-corrected chi connectivity index (χ2v) is 8.30. The summed E-state index contributed by atoms with van der Waals surface area (Å²) in [6, 6.07) is 10.2. The lowest BCUT2D eigenvalue weighted by molar-refractivity contribution is 0.0704. The van der Waals surface area contributed by atoms with Gasteiger partial charge in [-0.05, 0) is 68.4 Å². The van der Waals surface area contributed by atoms with Crippen molar-refractivity contribution in [1.82, 2.24) is 9.62 Å². The van der Waals surface area contributed by atoms with Gasteiger partial charge in [-0.3, -0.25) is 4.79 Å². The van der Waals surface area contributed by atoms with E-state index in [9.17, 15) is 13.2 Å². The highest BCUT2D eigenvalue weighted by molar-refractivity contribution is 7.89. The van der Waals surface area contributed by atoms with E-state index in [4.69, 9.17) is 8.83 Å². The molecule has 0 aliphatic heterocycles. The Morgan fingerprint density at radius 2 is 1.61 bits per heavy atom. The van der Waals surface area contributed by atoms with Crippen molar-refractivity contribution in [3.05, 3.63) is 77.1 Å². The number of rotatable bonds is 7. The molecule has 0 spiro atoms. The van der Waals surface area contributed by atoms with E-state index in [1.165, 1.54) is 13.1 Å². The summed E-state index contributed by atoms with van der Waals surface area (Å²) in [7, 11) is -2.34. The lowest BCUT2D eigenvalue weighted by atomic mass is 10.1. The number of nitrogens with one attached hydrogen (secondary N) is 1. The van der Waals surface area contributed by atoms with Gasteiger partial charge in [-0.1, -0.05) is 0 Å². The number of carbonyl (C=O) groups excluding carboxylic acids is 1. The fourth-order valence-corrected chi connectivity index (χ4v) is 3.97. The molecule has 0 saturated heterocycles. The van der Waals surface area contributed by atoms with E-state index < -0.39 is 10.0 Å². The minimum absolute atomic E-state index is 0.0919. The number of hydrogen-bond acceptors (Lipinski definition) is 5. The van der Waals surface area contributed by atoms with E-state index in [-0.39, 0.29) is 29.5 Å². The minimum atomic E-state index is -3.69. The van der Waals surface area contributed by atoms with Crippen LogP contribution in [0.15, 0.2) is 62.7 Å². The van der Waals surface area contributed by atoms with Crippen LogP contribution in [-0.2, 0) is 23.1 Å². The van der Waals surface area contributed by atoms with Gasteiger partial charge in [-0.15, -0.1) is 0 Å². The first-order valence-electron chi connectivity index (χ1n) is 8.70. The van der Waals surface area contributed by atoms with Crippen molar-refractivity contribution in [1.29, 1.82) is 0 Å². The van der Waals surface area contributed by atoms with Gasteiger partial charge in [0.1, 0.15) is 11.5 Å². The Morgan fingerprint density at radius 3 is 2.07 bits per heavy atom. The molecule has 0 unspecified atom stereocenters. The normalized spacial score (nSPS) is 11.5. The average molecular weight is 402 g/mol. The van der Waals surface area contributed by atoms with E-state index in [0.29, 0.717) is 17.1 Å². The summed E-state index contributed by atoms with van der Waals surface area (Å²) >= 11 is 0. The van der Waals surface area contributed by atoms with Crippen LogP contribution in [-0.4, -0.2) is 26.3 Å². The molecule has 1 N–H and O–H groups in total. The van der Waals surface area contributed by atoms with Crippen molar-refractivity contribution < 1.29 is 22.0 Å². The molecule has 1 aromatic carbocycles. The number of hydrogen-bond donors (Lipinski definition) is 1. The maximum atomic E-state index is 13.3. The fraction of sp³-hybridized carbons (Fsp3) is 0.250. The maximum Gasteiger partial charge on any atom is 0.254 e. The van der Waals surface area contributed by atoms with Crippen molar-refractivity contribution in [2.24, 2.45) is 0 Å². The SMILES string of the molecule is CNS(=O)(=O)c1cc(C(=O)N(Cc2ccco2)Cc2ccco2)cc(C)c1C. The third kappa shape index (κ3) is 4.18. The first-order valence-corrected chi connectivity index (χ1v) is 10.2. The molecule has 0 saturated carbocycles. The van der Waals surface area contributed by atoms with Gasteiger partial charge in [0.2, 0.25) is 10.0 Å². The standard InChI is InChI=1S/C20H22N2O5S/c1-14-10-16(11-19(15(14)2)28(24,25)21-3)20(23)22(12-17-6-4-8-26-17)13-18-7-5-9-27-18/h4-11,21H,12-13H2,1-3H3. The van der Waals surface area contributed by atoms with Gasteiger partial charge in [0.25, 0.3) is 5.91 Å². The molecule has 3 rings (SSSR count). The first kappa shape index (κ1) is 19.9. The molecule has 28 heavy (non-hydrogen) atoms. The van der Waals surface area contributed by atoms with Gasteiger partial charge < -0.3 is 13.7 Å². The van der Waals surface area contributed by atoms with Crippen LogP contribution in [0, 0.1) is 13.8 Å². The molecule has 7 nitrogen and oxygen atoms in total. The minimum Gasteiger partial charge on any atom is -0.467 e. The van der Waals surface area contributed by atoms with Gasteiger partial charge in [0.05, 0.1) is 30.5 Å². The topological polar surface area (TPSA) is 92.8 Å². The Labute approximate surface area is 164 Å². The van der Waals surface area contributed by atoms with E-state index >= 15 is 0 Å². The predicted octanol–water partition coefficient (Wildman–Crippen LogP) is 3.24. The number of furan rings is 2. The second kappa shape index (κ2) is 8.04. The highest BCUT2D eigenvalue weighted by Gasteiger charge is 2.23. The zero-order valence-electron chi connectivity index (χ0n) is 15.9. The van der Waals surface area contributed by atoms with Crippen LogP contribution in [0.5, 0.6) is 0 Å². The maximum absolute atomic E-state index is 13.3. The molecule has 0 aliphatic rings. The van der Waals surface area contributed by atoms with Crippen LogP contribution in [0.3, 0.4) is 0 Å². The summed E-state index contributed by atoms with van der Waals surface area (Å²) in [6.07, 6.45) is 3.08. The number of amides is 1. The molecular formula is C20H22N2O5S. The number of nitrogens with zero attached hydrogens (tertiary/aromatic N) is 1. The second-order valence-electron chi connectivity index (χ2n) is 6.44. The summed E-state index contributed by atoms with van der Waals surface area (Å²) in [5, 5.41) is 0. The van der Waals surface area contributed by atoms with Crippen LogP contribution in [0.2, 0.25) is 0 Å². The lowest BCUT2D eigenvalue weighted by Crippen LogP contribution is -2.30. The molecule has 0 atom stereocenters. The molecule has 1 amide bonds. The Balaban J connectivity index is 2.00. The third-order valence-corrected chi connectivity index (χ3v) is 6.11. The highest BCUT2D eigenvalue weighted by atomic mass is 32.2. The van der Waals surface area contributed by atoms with Gasteiger partial charge in [-0.25, -0.2) is 13.1 Å². The quantitative estimate of drug-likeness (QED) is 0.655. The van der Waals surface area contributed by atoms with Crippen molar-refractivity contribution >= 4 is 15.9 Å². The van der Waals surface area contributed by atoms with Gasteiger partial charge in [-0.2, -0.15) is 0 Å². The van der Waals surface area contributed by atoms with Crippen LogP contribution in [0.25, 0.3) is 0 Å². The van der Waals surface area contributed by atoms with E-state index in [0.717, 1.165) is 5.56 Å². The monoisotopic (exact) mass is 402 g/mol. The largest absolute Gasteiger partial charge is 0.467 e. The molecule has 0 radical (unpaired) electrons. The summed E-state index contributed by atoms with van der Waals surface area (Å²) in [5.74, 6) is 0.919. The fourth-order valence-electron chi connectivity index (χ4n) is 2.90. The molecule has 2 heterocycles. The summed E-state index contributed by atoms with van der Waals surface area (Å²) in [5.41, 5.74) is 1.61. The van der Waals surface area contributed by atoms with E-state index in [1.54, 1.807) is 61.6 Å². The van der Waals surface area contributed by atoms with Crippen LogP contribution >= 0.6 is 0 Å². The number of benzene rings is 1. The lowest BCUT2D eigenvalue weighted by Gasteiger charge is -2.22. The summed E-state index contributed by atoms with van der Waals surface area (Å²) in [6.45, 7) is 3.96.